The van der Waals surface area contributed by atoms with E-state index in [4.69, 9.17) is 0 Å². The van der Waals surface area contributed by atoms with E-state index in [9.17, 15) is 10.2 Å². The van der Waals surface area contributed by atoms with Gasteiger partial charge in [-0.05, 0) is 30.2 Å². The molecule has 2 heterocycles. The average molecular weight is 280 g/mol. The van der Waals surface area contributed by atoms with E-state index in [1.165, 1.54) is 0 Å². The van der Waals surface area contributed by atoms with Crippen LogP contribution in [0.2, 0.25) is 0 Å². The summed E-state index contributed by atoms with van der Waals surface area (Å²) in [5.74, 6) is 0.196. The molecule has 3 rings (SSSR count). The lowest BCUT2D eigenvalue weighted by molar-refractivity contribution is 0.434. The maximum absolute atomic E-state index is 10.2. The second-order valence-corrected chi connectivity index (χ2v) is 5.32. The predicted octanol–water partition coefficient (Wildman–Crippen LogP) is 3.83. The summed E-state index contributed by atoms with van der Waals surface area (Å²) >= 11 is 0. The van der Waals surface area contributed by atoms with Crippen LogP contribution in [0.15, 0.2) is 42.7 Å². The Labute approximate surface area is 122 Å². The highest BCUT2D eigenvalue weighted by molar-refractivity contribution is 5.91. The number of phenols is 2. The Morgan fingerprint density at radius 1 is 0.952 bits per heavy atom. The van der Waals surface area contributed by atoms with Crippen molar-refractivity contribution in [3.63, 3.8) is 0 Å². The molecule has 0 aliphatic carbocycles. The Morgan fingerprint density at radius 2 is 1.67 bits per heavy atom. The molecule has 0 saturated carbocycles. The van der Waals surface area contributed by atoms with Crippen molar-refractivity contribution >= 4 is 10.9 Å². The molecule has 106 valence electrons. The number of aromatic nitrogens is 2. The van der Waals surface area contributed by atoms with Gasteiger partial charge in [0.05, 0.1) is 11.2 Å². The number of phenolic OH excluding ortho intramolecular Hbond substituents is 2. The Bertz CT molecular complexity index is 784. The van der Waals surface area contributed by atoms with Gasteiger partial charge in [-0.2, -0.15) is 0 Å². The van der Waals surface area contributed by atoms with Gasteiger partial charge in [-0.15, -0.1) is 0 Å². The standard InChI is InChI=1S/C17H16N2O2/c1-10(2)15-13(20)8-12(9-14(15)21)17-16-11(5-7-19-17)4-3-6-18-16/h3-10,20-21H,1-2H3. The molecule has 2 N–H and O–H groups in total. The van der Waals surface area contributed by atoms with Crippen LogP contribution in [-0.2, 0) is 0 Å². The molecule has 0 atom stereocenters. The van der Waals surface area contributed by atoms with Gasteiger partial charge in [0.15, 0.2) is 0 Å². The molecule has 0 aliphatic heterocycles. The summed E-state index contributed by atoms with van der Waals surface area (Å²) < 4.78 is 0. The smallest absolute Gasteiger partial charge is 0.123 e. The van der Waals surface area contributed by atoms with E-state index in [0.29, 0.717) is 16.8 Å². The largest absolute Gasteiger partial charge is 0.507 e. The van der Waals surface area contributed by atoms with E-state index in [2.05, 4.69) is 9.97 Å². The first-order valence-corrected chi connectivity index (χ1v) is 6.84. The summed E-state index contributed by atoms with van der Waals surface area (Å²) in [6.45, 7) is 3.85. The van der Waals surface area contributed by atoms with Crippen LogP contribution < -0.4 is 0 Å². The molecule has 21 heavy (non-hydrogen) atoms. The van der Waals surface area contributed by atoms with Gasteiger partial charge in [-0.3, -0.25) is 9.97 Å². The van der Waals surface area contributed by atoms with Crippen molar-refractivity contribution in [3.05, 3.63) is 48.3 Å². The van der Waals surface area contributed by atoms with Crippen molar-refractivity contribution in [2.75, 3.05) is 0 Å². The maximum Gasteiger partial charge on any atom is 0.123 e. The van der Waals surface area contributed by atoms with Gasteiger partial charge in [-0.1, -0.05) is 19.9 Å². The van der Waals surface area contributed by atoms with Gasteiger partial charge >= 0.3 is 0 Å². The van der Waals surface area contributed by atoms with Gasteiger partial charge < -0.3 is 10.2 Å². The highest BCUT2D eigenvalue weighted by Crippen LogP contribution is 2.38. The molecule has 4 nitrogen and oxygen atoms in total. The SMILES string of the molecule is CC(C)c1c(O)cc(-c2nccc3cccnc23)cc1O. The minimum atomic E-state index is 0.0395. The fourth-order valence-corrected chi connectivity index (χ4v) is 2.57. The molecule has 0 bridgehead atoms. The van der Waals surface area contributed by atoms with Gasteiger partial charge in [0.1, 0.15) is 11.5 Å². The van der Waals surface area contributed by atoms with Crippen LogP contribution in [0.4, 0.5) is 0 Å². The first-order chi connectivity index (χ1) is 10.1. The molecule has 0 unspecified atom stereocenters. The zero-order valence-corrected chi connectivity index (χ0v) is 11.9. The Morgan fingerprint density at radius 3 is 2.33 bits per heavy atom. The third-order valence-corrected chi connectivity index (χ3v) is 3.51. The molecule has 0 saturated heterocycles. The van der Waals surface area contributed by atoms with Crippen molar-refractivity contribution in [1.29, 1.82) is 0 Å². The monoisotopic (exact) mass is 280 g/mol. The third kappa shape index (κ3) is 2.29. The van der Waals surface area contributed by atoms with Crippen LogP contribution in [0.5, 0.6) is 11.5 Å². The van der Waals surface area contributed by atoms with E-state index < -0.39 is 0 Å². The van der Waals surface area contributed by atoms with Gasteiger partial charge in [0, 0.05) is 28.9 Å². The number of nitrogens with zero attached hydrogens (tertiary/aromatic N) is 2. The summed E-state index contributed by atoms with van der Waals surface area (Å²) in [6.07, 6.45) is 3.40. The lowest BCUT2D eigenvalue weighted by atomic mass is 9.97. The van der Waals surface area contributed by atoms with Crippen LogP contribution in [0.3, 0.4) is 0 Å². The average Bonchev–Trinajstić information content (AvgIpc) is 2.45. The minimum Gasteiger partial charge on any atom is -0.507 e. The zero-order valence-electron chi connectivity index (χ0n) is 11.9. The molecule has 3 aromatic rings. The number of benzene rings is 1. The van der Waals surface area contributed by atoms with Crippen molar-refractivity contribution < 1.29 is 10.2 Å². The third-order valence-electron chi connectivity index (χ3n) is 3.51. The number of pyridine rings is 2. The van der Waals surface area contributed by atoms with Crippen molar-refractivity contribution in [3.8, 4) is 22.8 Å². The van der Waals surface area contributed by atoms with E-state index >= 15 is 0 Å². The van der Waals surface area contributed by atoms with Gasteiger partial charge in [-0.25, -0.2) is 0 Å². The molecule has 4 heteroatoms. The highest BCUT2D eigenvalue weighted by Gasteiger charge is 2.15. The molecule has 0 amide bonds. The fourth-order valence-electron chi connectivity index (χ4n) is 2.57. The molecule has 2 aromatic heterocycles. The summed E-state index contributed by atoms with van der Waals surface area (Å²) in [6, 6.07) is 8.96. The molecule has 1 aromatic carbocycles. The molecule has 0 radical (unpaired) electrons. The second kappa shape index (κ2) is 5.05. The van der Waals surface area contributed by atoms with Crippen molar-refractivity contribution in [1.82, 2.24) is 9.97 Å². The lowest BCUT2D eigenvalue weighted by Gasteiger charge is -2.13. The molecular formula is C17H16N2O2. The maximum atomic E-state index is 10.2. The summed E-state index contributed by atoms with van der Waals surface area (Å²) in [5, 5.41) is 21.3. The van der Waals surface area contributed by atoms with Crippen LogP contribution in [0, 0.1) is 0 Å². The van der Waals surface area contributed by atoms with Crippen LogP contribution in [0.25, 0.3) is 22.2 Å². The quantitative estimate of drug-likeness (QED) is 0.748. The number of hydrogen-bond acceptors (Lipinski definition) is 4. The van der Waals surface area contributed by atoms with Crippen LogP contribution in [0.1, 0.15) is 25.3 Å². The van der Waals surface area contributed by atoms with E-state index in [0.717, 1.165) is 10.9 Å². The van der Waals surface area contributed by atoms with E-state index in [1.54, 1.807) is 24.5 Å². The first-order valence-electron chi connectivity index (χ1n) is 6.84. The van der Waals surface area contributed by atoms with Gasteiger partial charge in [0.25, 0.3) is 0 Å². The number of aromatic hydroxyl groups is 2. The molecule has 0 fully saturated rings. The Kier molecular flexibility index (Phi) is 3.22. The second-order valence-electron chi connectivity index (χ2n) is 5.32. The first kappa shape index (κ1) is 13.4. The Balaban J connectivity index is 2.24. The minimum absolute atomic E-state index is 0.0395. The highest BCUT2D eigenvalue weighted by atomic mass is 16.3. The lowest BCUT2D eigenvalue weighted by Crippen LogP contribution is -1.93. The fraction of sp³-hybridized carbons (Fsp3) is 0.176. The summed E-state index contributed by atoms with van der Waals surface area (Å²) in [7, 11) is 0. The van der Waals surface area contributed by atoms with Crippen molar-refractivity contribution in [2.24, 2.45) is 0 Å². The predicted molar refractivity (Wildman–Crippen MR) is 82.4 cm³/mol. The van der Waals surface area contributed by atoms with Gasteiger partial charge in [0.2, 0.25) is 0 Å². The summed E-state index contributed by atoms with van der Waals surface area (Å²) in [4.78, 5) is 8.70. The Hall–Kier alpha value is -2.62. The van der Waals surface area contributed by atoms with Crippen LogP contribution in [-0.4, -0.2) is 20.2 Å². The van der Waals surface area contributed by atoms with Crippen LogP contribution >= 0.6 is 0 Å². The molecule has 0 spiro atoms. The van der Waals surface area contributed by atoms with Crippen molar-refractivity contribution in [2.45, 2.75) is 19.8 Å². The molecular weight excluding hydrogens is 264 g/mol. The number of rotatable bonds is 2. The topological polar surface area (TPSA) is 66.2 Å². The van der Waals surface area contributed by atoms with E-state index in [1.807, 2.05) is 32.0 Å². The number of hydrogen-bond donors (Lipinski definition) is 2. The number of fused-ring (bicyclic) bond motifs is 1. The summed E-state index contributed by atoms with van der Waals surface area (Å²) in [5.41, 5.74) is 2.59. The molecule has 0 aliphatic rings. The normalized spacial score (nSPS) is 11.2. The zero-order chi connectivity index (χ0) is 15.0. The van der Waals surface area contributed by atoms with E-state index in [-0.39, 0.29) is 17.4 Å².